The number of hydrogen-bond donors (Lipinski definition) is 2. The van der Waals surface area contributed by atoms with Crippen LogP contribution in [0.1, 0.15) is 5.82 Å². The van der Waals surface area contributed by atoms with Crippen LogP contribution in [0.25, 0.3) is 0 Å². The Kier molecular flexibility index (Phi) is 3.87. The van der Waals surface area contributed by atoms with Gasteiger partial charge in [-0.3, -0.25) is 4.55 Å². The maximum Gasteiger partial charge on any atom is 0.250 e. The first kappa shape index (κ1) is 11.1. The fourth-order valence-corrected chi connectivity index (χ4v) is 0.483. The van der Waals surface area contributed by atoms with Crippen LogP contribution < -0.4 is 4.57 Å². The van der Waals surface area contributed by atoms with Gasteiger partial charge in [-0.2, -0.15) is 0 Å². The zero-order valence-electron chi connectivity index (χ0n) is 6.68. The molecule has 1 aromatic rings. The molecule has 0 bridgehead atoms. The summed E-state index contributed by atoms with van der Waals surface area (Å²) >= 11 is 0. The molecular formula is C5H10N2O4S. The number of aromatic nitrogens is 2. The fraction of sp³-hybridized carbons (Fsp3) is 0.400. The molecule has 0 atom stereocenters. The Balaban J connectivity index is 0.000000217. The molecule has 12 heavy (non-hydrogen) atoms. The van der Waals surface area contributed by atoms with Gasteiger partial charge >= 0.3 is 0 Å². The Morgan fingerprint density at radius 3 is 2.17 bits per heavy atom. The van der Waals surface area contributed by atoms with Crippen molar-refractivity contribution in [2.24, 2.45) is 7.05 Å². The van der Waals surface area contributed by atoms with Crippen molar-refractivity contribution in [1.82, 2.24) is 4.98 Å². The summed E-state index contributed by atoms with van der Waals surface area (Å²) in [6, 6.07) is 0. The lowest BCUT2D eigenvalue weighted by atomic mass is 10.7. The third-order valence-electron chi connectivity index (χ3n) is 1.12. The van der Waals surface area contributed by atoms with Gasteiger partial charge in [0.1, 0.15) is 12.4 Å². The van der Waals surface area contributed by atoms with E-state index in [9.17, 15) is 0 Å². The highest BCUT2D eigenvalue weighted by molar-refractivity contribution is 7.79. The van der Waals surface area contributed by atoms with Crippen LogP contribution in [0.15, 0.2) is 12.4 Å². The molecule has 0 radical (unpaired) electrons. The number of aryl methyl sites for hydroxylation is 2. The lowest BCUT2D eigenvalue weighted by Crippen LogP contribution is -2.27. The molecule has 0 amide bonds. The van der Waals surface area contributed by atoms with Crippen LogP contribution >= 0.6 is 0 Å². The van der Waals surface area contributed by atoms with Crippen molar-refractivity contribution in [2.75, 3.05) is 0 Å². The van der Waals surface area contributed by atoms with E-state index in [4.69, 9.17) is 17.5 Å². The summed E-state index contributed by atoms with van der Waals surface area (Å²) < 4.78 is 34.9. The predicted octanol–water partition coefficient (Wildman–Crippen LogP) is -0.848. The highest BCUT2D eigenvalue weighted by Gasteiger charge is 1.93. The molecule has 0 fully saturated rings. The maximum absolute atomic E-state index is 8.63. The van der Waals surface area contributed by atoms with E-state index in [0.29, 0.717) is 0 Å². The zero-order chi connectivity index (χ0) is 9.78. The number of H-pyrrole nitrogens is 1. The fourth-order valence-electron chi connectivity index (χ4n) is 0.483. The number of rotatable bonds is 0. The summed E-state index contributed by atoms with van der Waals surface area (Å²) in [5.74, 6) is 1.18. The second kappa shape index (κ2) is 4.19. The summed E-state index contributed by atoms with van der Waals surface area (Å²) in [5, 5.41) is 0. The van der Waals surface area contributed by atoms with Crippen molar-refractivity contribution >= 4 is 10.4 Å². The molecule has 1 aromatic heterocycles. The Labute approximate surface area is 70.4 Å². The highest BCUT2D eigenvalue weighted by Crippen LogP contribution is 1.75. The van der Waals surface area contributed by atoms with Gasteiger partial charge in [0.2, 0.25) is 10.4 Å². The average molecular weight is 194 g/mol. The van der Waals surface area contributed by atoms with Gasteiger partial charge in [0, 0.05) is 6.92 Å². The molecular weight excluding hydrogens is 184 g/mol. The second-order valence-corrected chi connectivity index (χ2v) is 2.94. The van der Waals surface area contributed by atoms with Gasteiger partial charge in [-0.1, -0.05) is 0 Å². The Morgan fingerprint density at radius 2 is 2.08 bits per heavy atom. The largest absolute Gasteiger partial charge is 0.726 e. The van der Waals surface area contributed by atoms with Crippen molar-refractivity contribution in [3.63, 3.8) is 0 Å². The van der Waals surface area contributed by atoms with E-state index in [-0.39, 0.29) is 0 Å². The number of aromatic amines is 1. The average Bonchev–Trinajstić information content (AvgIpc) is 2.12. The Hall–Kier alpha value is -0.920. The van der Waals surface area contributed by atoms with Crippen LogP contribution in [-0.2, 0) is 17.4 Å². The lowest BCUT2D eigenvalue weighted by Gasteiger charge is -1.88. The molecule has 0 aromatic carbocycles. The molecule has 7 heteroatoms. The topological polar surface area (TPSA) is 97.1 Å². The van der Waals surface area contributed by atoms with Gasteiger partial charge in [-0.05, 0) is 0 Å². The lowest BCUT2D eigenvalue weighted by molar-refractivity contribution is -0.676. The Bertz CT molecular complexity index is 304. The van der Waals surface area contributed by atoms with Crippen molar-refractivity contribution in [3.05, 3.63) is 18.2 Å². The van der Waals surface area contributed by atoms with Crippen molar-refractivity contribution in [2.45, 2.75) is 6.92 Å². The van der Waals surface area contributed by atoms with Crippen molar-refractivity contribution < 1.29 is 22.1 Å². The van der Waals surface area contributed by atoms with Crippen molar-refractivity contribution in [1.29, 1.82) is 0 Å². The van der Waals surface area contributed by atoms with E-state index in [1.54, 1.807) is 0 Å². The third-order valence-corrected chi connectivity index (χ3v) is 1.12. The van der Waals surface area contributed by atoms with E-state index in [1.165, 1.54) is 5.82 Å². The molecule has 0 unspecified atom stereocenters. The van der Waals surface area contributed by atoms with Gasteiger partial charge in [0.25, 0.3) is 5.82 Å². The first-order chi connectivity index (χ1) is 5.30. The van der Waals surface area contributed by atoms with Gasteiger partial charge in [-0.25, -0.2) is 18.0 Å². The molecule has 1 heterocycles. The van der Waals surface area contributed by atoms with Crippen LogP contribution in [0.4, 0.5) is 0 Å². The molecule has 1 rings (SSSR count). The SMILES string of the molecule is Cc1[nH]cc[n+]1C.O=S(=O)([O-])O. The van der Waals surface area contributed by atoms with Gasteiger partial charge < -0.3 is 4.55 Å². The van der Waals surface area contributed by atoms with Gasteiger partial charge in [0.05, 0.1) is 7.05 Å². The second-order valence-electron chi connectivity index (χ2n) is 2.08. The summed E-state index contributed by atoms with van der Waals surface area (Å²) in [6.45, 7) is 2.03. The van der Waals surface area contributed by atoms with E-state index >= 15 is 0 Å². The smallest absolute Gasteiger partial charge is 0.250 e. The minimum Gasteiger partial charge on any atom is -0.726 e. The van der Waals surface area contributed by atoms with E-state index < -0.39 is 10.4 Å². The summed E-state index contributed by atoms with van der Waals surface area (Å²) in [6.07, 6.45) is 3.89. The van der Waals surface area contributed by atoms with E-state index in [1.807, 2.05) is 30.9 Å². The maximum atomic E-state index is 8.63. The number of nitrogens with one attached hydrogen (secondary N) is 1. The molecule has 0 aliphatic rings. The summed E-state index contributed by atoms with van der Waals surface area (Å²) in [7, 11) is -2.91. The molecule has 6 nitrogen and oxygen atoms in total. The van der Waals surface area contributed by atoms with Gasteiger partial charge in [-0.15, -0.1) is 0 Å². The molecule has 0 saturated heterocycles. The minimum absolute atomic E-state index is 1.18. The first-order valence-electron chi connectivity index (χ1n) is 2.98. The standard InChI is InChI=1S/C5H8N2.H2O4S/c1-5-6-3-4-7(5)2;1-5(2,3)4/h3-4H,1-2H3;(H2,1,2,3,4). The first-order valence-corrected chi connectivity index (χ1v) is 4.35. The molecule has 0 saturated carbocycles. The van der Waals surface area contributed by atoms with Crippen LogP contribution in [0.2, 0.25) is 0 Å². The van der Waals surface area contributed by atoms with E-state index in [2.05, 4.69) is 4.98 Å². The molecule has 0 aliphatic heterocycles. The van der Waals surface area contributed by atoms with E-state index in [0.717, 1.165) is 0 Å². The molecule has 0 aliphatic carbocycles. The normalized spacial score (nSPS) is 10.3. The summed E-state index contributed by atoms with van der Waals surface area (Å²) in [4.78, 5) is 3.03. The summed E-state index contributed by atoms with van der Waals surface area (Å²) in [5.41, 5.74) is 0. The highest BCUT2D eigenvalue weighted by atomic mass is 32.3. The monoisotopic (exact) mass is 194 g/mol. The van der Waals surface area contributed by atoms with Crippen molar-refractivity contribution in [3.8, 4) is 0 Å². The van der Waals surface area contributed by atoms with Gasteiger partial charge in [0.15, 0.2) is 0 Å². The number of imidazole rings is 1. The van der Waals surface area contributed by atoms with Crippen LogP contribution in [-0.4, -0.2) is 22.5 Å². The molecule has 2 N–H and O–H groups in total. The predicted molar refractivity (Wildman–Crippen MR) is 39.0 cm³/mol. The number of hydrogen-bond acceptors (Lipinski definition) is 3. The minimum atomic E-state index is -4.92. The van der Waals surface area contributed by atoms with Crippen LogP contribution in [0, 0.1) is 6.92 Å². The quantitative estimate of drug-likeness (QED) is 0.319. The zero-order valence-corrected chi connectivity index (χ0v) is 7.50. The molecule has 0 spiro atoms. The molecule has 70 valence electrons. The van der Waals surface area contributed by atoms with Crippen LogP contribution in [0.3, 0.4) is 0 Å². The number of nitrogens with zero attached hydrogens (tertiary/aromatic N) is 1. The Morgan fingerprint density at radius 1 is 1.67 bits per heavy atom. The third kappa shape index (κ3) is 7.19. The van der Waals surface area contributed by atoms with Crippen LogP contribution in [0.5, 0.6) is 0 Å².